The van der Waals surface area contributed by atoms with Gasteiger partial charge in [0.15, 0.2) is 11.5 Å². The predicted molar refractivity (Wildman–Crippen MR) is 260 cm³/mol. The molecule has 0 bridgehead atoms. The number of hydrogen-bond donors (Lipinski definition) is 4. The molecule has 0 aliphatic carbocycles. The van der Waals surface area contributed by atoms with Crippen LogP contribution in [-0.4, -0.2) is 61.0 Å². The molecule has 0 radical (unpaired) electrons. The molecule has 4 amide bonds. The highest BCUT2D eigenvalue weighted by atomic mass is 35.5. The van der Waals surface area contributed by atoms with Crippen molar-refractivity contribution in [3.05, 3.63) is 140 Å². The fraction of sp³-hybridized carbons (Fsp3) is 0.133. The maximum Gasteiger partial charge on any atom is 0.323 e. The van der Waals surface area contributed by atoms with Gasteiger partial charge in [0.25, 0.3) is 23.2 Å². The number of nitrogens with zero attached hydrogens (tertiary/aromatic N) is 4. The van der Waals surface area contributed by atoms with Crippen LogP contribution >= 0.6 is 35.2 Å². The standard InChI is InChI=1S/C45H32Cl2N8O13S2/c46-17-23-19-52(35-15-33(54(59)60)31-13-27(69-68-67-48)3-5-29(31)41(23)35)43(56)39-11-21-9-25(1-7-37(21)65-39)50-45(58)51-26-2-8-38-22(10-26)12-40(66-38)44(57)53-20-24(18-47)42-30-6-4-28(70(49,63)64)14-32(30)34(55(61)62)16-36(42)53/h1-16,23-24H,17-20,48H2,(H2,49,63,64)(H2,50,51,58). The Morgan fingerprint density at radius 2 is 1.19 bits per heavy atom. The molecule has 25 heteroatoms. The second kappa shape index (κ2) is 17.9. The van der Waals surface area contributed by atoms with E-state index in [1.165, 1.54) is 46.2 Å². The summed E-state index contributed by atoms with van der Waals surface area (Å²) in [6.45, 7) is 0.178. The van der Waals surface area contributed by atoms with Gasteiger partial charge >= 0.3 is 6.03 Å². The highest BCUT2D eigenvalue weighted by Gasteiger charge is 2.39. The zero-order chi connectivity index (χ0) is 49.3. The molecule has 2 aliphatic heterocycles. The van der Waals surface area contributed by atoms with Crippen LogP contribution in [0.15, 0.2) is 116 Å². The molecule has 2 unspecified atom stereocenters. The fourth-order valence-electron chi connectivity index (χ4n) is 9.15. The molecule has 4 heterocycles. The average Bonchev–Trinajstić information content (AvgIpc) is 4.14. The van der Waals surface area contributed by atoms with Gasteiger partial charge in [0.1, 0.15) is 11.2 Å². The molecule has 2 aromatic heterocycles. The molecule has 0 saturated carbocycles. The van der Waals surface area contributed by atoms with Gasteiger partial charge < -0.3 is 29.3 Å². The van der Waals surface area contributed by atoms with E-state index in [4.69, 9.17) is 47.4 Å². The van der Waals surface area contributed by atoms with E-state index >= 15 is 0 Å². The van der Waals surface area contributed by atoms with Crippen LogP contribution in [0.2, 0.25) is 0 Å². The number of urea groups is 1. The molecule has 6 N–H and O–H groups in total. The number of rotatable bonds is 12. The van der Waals surface area contributed by atoms with Crippen LogP contribution < -0.4 is 31.5 Å². The number of benzene rings is 6. The number of nitro groups is 2. The van der Waals surface area contributed by atoms with Crippen LogP contribution in [-0.2, 0) is 19.3 Å². The minimum Gasteiger partial charge on any atom is -0.451 e. The van der Waals surface area contributed by atoms with Crippen molar-refractivity contribution in [2.75, 3.05) is 45.3 Å². The number of nitro benzene ring substituents is 2. The number of anilines is 4. The highest BCUT2D eigenvalue weighted by molar-refractivity contribution is 7.94. The maximum absolute atomic E-state index is 14.1. The SMILES string of the molecule is NOOSc1ccc2c3c(cc([N+](=O)[O-])c2c1)N(C(=O)c1cc2cc(NC(=O)Nc4ccc5oc(C(=O)N6CC(CCl)c7c6cc([N+](=O)[O-])c6cc(S(N)(=O)=O)ccc76)cc5c4)ccc2o1)CC3CCl. The molecule has 2 aliphatic rings. The normalized spacial score (nSPS) is 15.5. The molecular weight excluding hydrogens is 996 g/mol. The van der Waals surface area contributed by atoms with Crippen LogP contribution in [0.1, 0.15) is 44.1 Å². The minimum atomic E-state index is -4.18. The third-order valence-corrected chi connectivity index (χ3v) is 14.4. The van der Waals surface area contributed by atoms with Gasteiger partial charge in [-0.1, -0.05) is 12.1 Å². The molecule has 2 atom stereocenters. The van der Waals surface area contributed by atoms with Gasteiger partial charge in [0, 0.05) is 75.9 Å². The van der Waals surface area contributed by atoms with E-state index in [0.717, 1.165) is 18.1 Å². The van der Waals surface area contributed by atoms with E-state index in [0.29, 0.717) is 71.2 Å². The summed E-state index contributed by atoms with van der Waals surface area (Å²) in [5, 5.41) is 37.5. The summed E-state index contributed by atoms with van der Waals surface area (Å²) in [6, 6.07) is 23.0. The summed E-state index contributed by atoms with van der Waals surface area (Å²) in [7, 11) is -4.18. The lowest BCUT2D eigenvalue weighted by molar-refractivity contribution is -0.383. The fourth-order valence-corrected chi connectivity index (χ4v) is 10.6. The quantitative estimate of drug-likeness (QED) is 0.0291. The molecule has 10 rings (SSSR count). The van der Waals surface area contributed by atoms with Gasteiger partial charge in [-0.25, -0.2) is 18.4 Å². The monoisotopic (exact) mass is 1030 g/mol. The highest BCUT2D eigenvalue weighted by Crippen LogP contribution is 2.48. The molecule has 21 nitrogen and oxygen atoms in total. The summed E-state index contributed by atoms with van der Waals surface area (Å²) in [5.74, 6) is 2.95. The van der Waals surface area contributed by atoms with Crippen molar-refractivity contribution in [1.82, 2.24) is 0 Å². The Hall–Kier alpha value is -7.35. The number of non-ortho nitro benzene ring substituents is 2. The first kappa shape index (κ1) is 46.4. The van der Waals surface area contributed by atoms with Gasteiger partial charge in [-0.3, -0.25) is 29.8 Å². The largest absolute Gasteiger partial charge is 0.451 e. The zero-order valence-corrected chi connectivity index (χ0v) is 38.7. The zero-order valence-electron chi connectivity index (χ0n) is 35.5. The first-order valence-electron chi connectivity index (χ1n) is 20.7. The topological polar surface area (TPSA) is 299 Å². The van der Waals surface area contributed by atoms with E-state index < -0.39 is 49.3 Å². The number of amides is 4. The number of nitrogens with two attached hydrogens (primary N) is 2. The van der Waals surface area contributed by atoms with E-state index in [9.17, 15) is 43.0 Å². The van der Waals surface area contributed by atoms with Crippen LogP contribution in [0, 0.1) is 20.2 Å². The predicted octanol–water partition coefficient (Wildman–Crippen LogP) is 9.39. The third-order valence-electron chi connectivity index (χ3n) is 12.1. The Labute approximate surface area is 407 Å². The van der Waals surface area contributed by atoms with E-state index in [1.54, 1.807) is 54.6 Å². The molecule has 8 aromatic rings. The smallest absolute Gasteiger partial charge is 0.323 e. The van der Waals surface area contributed by atoms with Crippen molar-refractivity contribution in [2.24, 2.45) is 11.0 Å². The number of hydrogen-bond acceptors (Lipinski definition) is 15. The summed E-state index contributed by atoms with van der Waals surface area (Å²) >= 11 is 13.5. The van der Waals surface area contributed by atoms with E-state index in [2.05, 4.69) is 15.6 Å². The first-order valence-corrected chi connectivity index (χ1v) is 24.0. The number of carbonyl (C=O) groups is 3. The summed E-state index contributed by atoms with van der Waals surface area (Å²) in [6.07, 6.45) is 0. The van der Waals surface area contributed by atoms with Gasteiger partial charge in [0.2, 0.25) is 10.0 Å². The average molecular weight is 1030 g/mol. The lowest BCUT2D eigenvalue weighted by Gasteiger charge is -2.16. The van der Waals surface area contributed by atoms with Crippen molar-refractivity contribution >= 4 is 141 Å². The van der Waals surface area contributed by atoms with Crippen molar-refractivity contribution < 1.29 is 50.8 Å². The van der Waals surface area contributed by atoms with Crippen molar-refractivity contribution in [3.63, 3.8) is 0 Å². The molecule has 6 aromatic carbocycles. The Morgan fingerprint density at radius 3 is 1.64 bits per heavy atom. The maximum atomic E-state index is 14.1. The number of nitrogens with one attached hydrogen (secondary N) is 2. The second-order valence-corrected chi connectivity index (χ2v) is 19.2. The summed E-state index contributed by atoms with van der Waals surface area (Å²) < 4.78 is 40.8. The molecule has 356 valence electrons. The second-order valence-electron chi connectivity index (χ2n) is 16.2. The third kappa shape index (κ3) is 8.16. The number of primary sulfonamides is 1. The van der Waals surface area contributed by atoms with Gasteiger partial charge in [-0.2, -0.15) is 5.90 Å². The van der Waals surface area contributed by atoms with Crippen molar-refractivity contribution in [3.8, 4) is 0 Å². The first-order chi connectivity index (χ1) is 33.5. The Balaban J connectivity index is 0.857. The molecule has 0 saturated heterocycles. The van der Waals surface area contributed by atoms with E-state index in [1.807, 2.05) is 0 Å². The molecule has 0 spiro atoms. The summed E-state index contributed by atoms with van der Waals surface area (Å²) in [4.78, 5) is 71.9. The lowest BCUT2D eigenvalue weighted by Crippen LogP contribution is -2.29. The van der Waals surface area contributed by atoms with Crippen molar-refractivity contribution in [1.29, 1.82) is 0 Å². The molecule has 70 heavy (non-hydrogen) atoms. The van der Waals surface area contributed by atoms with Crippen LogP contribution in [0.4, 0.5) is 38.9 Å². The van der Waals surface area contributed by atoms with Crippen LogP contribution in [0.3, 0.4) is 0 Å². The molecule has 0 fully saturated rings. The number of sulfonamides is 1. The number of fused-ring (bicyclic) bond motifs is 8. The minimum absolute atomic E-state index is 0.0245. The van der Waals surface area contributed by atoms with Crippen LogP contribution in [0.5, 0.6) is 0 Å². The van der Waals surface area contributed by atoms with Crippen molar-refractivity contribution in [2.45, 2.75) is 21.6 Å². The number of carbonyl (C=O) groups excluding carboxylic acids is 3. The number of halogens is 2. The van der Waals surface area contributed by atoms with Crippen LogP contribution in [0.25, 0.3) is 43.5 Å². The van der Waals surface area contributed by atoms with Gasteiger partial charge in [0.05, 0.1) is 48.9 Å². The number of alkyl halides is 2. The van der Waals surface area contributed by atoms with Gasteiger partial charge in [-0.05, 0) is 94.7 Å². The molecular formula is C45H32Cl2N8O13S2. The number of furan rings is 2. The lowest BCUT2D eigenvalue weighted by atomic mass is 9.95. The van der Waals surface area contributed by atoms with E-state index in [-0.39, 0.29) is 63.9 Å². The van der Waals surface area contributed by atoms with Gasteiger partial charge in [-0.15, -0.1) is 32.5 Å². The Morgan fingerprint density at radius 1 is 0.700 bits per heavy atom. The summed E-state index contributed by atoms with van der Waals surface area (Å²) in [5.41, 5.74) is 2.36. The Kier molecular flexibility index (Phi) is 11.8. The Bertz CT molecular complexity index is 3700.